The minimum Gasteiger partial charge on any atom is -0.166 e. The van der Waals surface area contributed by atoms with Crippen molar-refractivity contribution < 1.29 is 48.7 Å². The molecule has 0 aliphatic heterocycles. The Labute approximate surface area is 96.8 Å². The zero-order valence-corrected chi connectivity index (χ0v) is 8.28. The summed E-state index contributed by atoms with van der Waals surface area (Å²) in [6.45, 7) is 0. The van der Waals surface area contributed by atoms with Gasteiger partial charge in [0.1, 0.15) is 0 Å². The molecule has 2 radical (unpaired) electrons. The standard InChI is InChI=1S/C8H3F6.Ag/c9-7(10,11)5-2-1-3-6(4-5)8(12,13)14;/h2-4H;. The molecule has 0 nitrogen and oxygen atoms in total. The van der Waals surface area contributed by atoms with E-state index in [1.165, 1.54) is 0 Å². The molecule has 0 N–H and O–H groups in total. The first-order valence-electron chi connectivity index (χ1n) is 3.37. The molecule has 0 aliphatic rings. The van der Waals surface area contributed by atoms with E-state index in [1.54, 1.807) is 6.07 Å². The van der Waals surface area contributed by atoms with Crippen molar-refractivity contribution in [3.63, 3.8) is 0 Å². The van der Waals surface area contributed by atoms with Crippen LogP contribution in [0.3, 0.4) is 0 Å². The third kappa shape index (κ3) is 3.89. The molecule has 88 valence electrons. The maximum absolute atomic E-state index is 12.0. The number of halogens is 6. The molecule has 1 aromatic rings. The van der Waals surface area contributed by atoms with Crippen LogP contribution in [0.5, 0.6) is 0 Å². The van der Waals surface area contributed by atoms with E-state index in [0.29, 0.717) is 12.1 Å². The third-order valence-electron chi connectivity index (χ3n) is 1.44. The van der Waals surface area contributed by atoms with Gasteiger partial charge in [0, 0.05) is 22.4 Å². The van der Waals surface area contributed by atoms with E-state index in [1.807, 2.05) is 0 Å². The maximum atomic E-state index is 12.0. The molecule has 0 unspecified atom stereocenters. The average Bonchev–Trinajstić information content (AvgIpc) is 2.01. The van der Waals surface area contributed by atoms with Gasteiger partial charge in [0.05, 0.1) is 11.1 Å². The minimum absolute atomic E-state index is 0. The van der Waals surface area contributed by atoms with Crippen molar-refractivity contribution in [2.75, 3.05) is 0 Å². The van der Waals surface area contributed by atoms with E-state index in [-0.39, 0.29) is 28.4 Å². The van der Waals surface area contributed by atoms with E-state index in [2.05, 4.69) is 0 Å². The van der Waals surface area contributed by atoms with E-state index < -0.39 is 23.5 Å². The van der Waals surface area contributed by atoms with Crippen LogP contribution in [0.25, 0.3) is 0 Å². The molecule has 0 amide bonds. The zero-order valence-electron chi connectivity index (χ0n) is 6.80. The fourth-order valence-electron chi connectivity index (χ4n) is 0.799. The van der Waals surface area contributed by atoms with E-state index in [0.717, 1.165) is 0 Å². The van der Waals surface area contributed by atoms with Crippen molar-refractivity contribution in [1.29, 1.82) is 0 Å². The Balaban J connectivity index is 0.00000196. The van der Waals surface area contributed by atoms with E-state index in [4.69, 9.17) is 0 Å². The van der Waals surface area contributed by atoms with Gasteiger partial charge in [-0.2, -0.15) is 26.3 Å². The second-order valence-corrected chi connectivity index (χ2v) is 2.51. The topological polar surface area (TPSA) is 0 Å². The van der Waals surface area contributed by atoms with Crippen molar-refractivity contribution in [2.45, 2.75) is 12.4 Å². The number of benzene rings is 1. The van der Waals surface area contributed by atoms with Crippen molar-refractivity contribution in [3.8, 4) is 0 Å². The number of alkyl halides is 6. The van der Waals surface area contributed by atoms with Gasteiger partial charge in [0.2, 0.25) is 0 Å². The van der Waals surface area contributed by atoms with Crippen LogP contribution in [0.1, 0.15) is 11.1 Å². The molecule has 7 heteroatoms. The molecule has 15 heavy (non-hydrogen) atoms. The quantitative estimate of drug-likeness (QED) is 0.507. The van der Waals surface area contributed by atoms with Crippen LogP contribution in [0.2, 0.25) is 0 Å². The molecular weight excluding hydrogens is 318 g/mol. The van der Waals surface area contributed by atoms with Gasteiger partial charge in [-0.1, -0.05) is 0 Å². The van der Waals surface area contributed by atoms with Crippen LogP contribution in [0.15, 0.2) is 18.2 Å². The summed E-state index contributed by atoms with van der Waals surface area (Å²) in [6, 6.07) is 2.79. The van der Waals surface area contributed by atoms with Gasteiger partial charge in [0.15, 0.2) is 0 Å². The Hall–Kier alpha value is -0.460. The molecule has 1 aromatic carbocycles. The molecule has 0 saturated heterocycles. The molecule has 0 atom stereocenters. The predicted molar refractivity (Wildman–Crippen MR) is 35.3 cm³/mol. The van der Waals surface area contributed by atoms with Crippen molar-refractivity contribution in [3.05, 3.63) is 35.4 Å². The molecule has 0 saturated carbocycles. The maximum Gasteiger partial charge on any atom is 0.416 e. The molecule has 0 aliphatic carbocycles. The summed E-state index contributed by atoms with van der Waals surface area (Å²) in [5.41, 5.74) is -2.71. The summed E-state index contributed by atoms with van der Waals surface area (Å²) in [5.74, 6) is 0. The van der Waals surface area contributed by atoms with Crippen molar-refractivity contribution in [1.82, 2.24) is 0 Å². The number of rotatable bonds is 0. The minimum atomic E-state index is -4.78. The fraction of sp³-hybridized carbons (Fsp3) is 0.250. The van der Waals surface area contributed by atoms with Crippen molar-refractivity contribution >= 4 is 0 Å². The SMILES string of the molecule is FC(F)(F)c1c[c]cc(C(F)(F)F)c1.[Ag]. The number of hydrogen-bond donors (Lipinski definition) is 0. The summed E-state index contributed by atoms with van der Waals surface area (Å²) in [5, 5.41) is 0. The number of hydrogen-bond acceptors (Lipinski definition) is 0. The smallest absolute Gasteiger partial charge is 0.166 e. The second kappa shape index (κ2) is 4.59. The van der Waals surface area contributed by atoms with Crippen LogP contribution in [0, 0.1) is 6.07 Å². The summed E-state index contributed by atoms with van der Waals surface area (Å²) < 4.78 is 71.8. The normalized spacial score (nSPS) is 12.1. The van der Waals surface area contributed by atoms with Crippen LogP contribution < -0.4 is 0 Å². The van der Waals surface area contributed by atoms with Gasteiger partial charge in [-0.15, -0.1) is 0 Å². The van der Waals surface area contributed by atoms with Gasteiger partial charge in [-0.05, 0) is 24.3 Å². The molecule has 0 spiro atoms. The molecule has 1 rings (SSSR count). The van der Waals surface area contributed by atoms with E-state index >= 15 is 0 Å². The Morgan fingerprint density at radius 3 is 1.40 bits per heavy atom. The first-order valence-corrected chi connectivity index (χ1v) is 3.37. The Kier molecular flexibility index (Phi) is 4.45. The largest absolute Gasteiger partial charge is 0.416 e. The van der Waals surface area contributed by atoms with Crippen LogP contribution in [0.4, 0.5) is 26.3 Å². The van der Waals surface area contributed by atoms with Gasteiger partial charge in [-0.25, -0.2) is 0 Å². The fourth-order valence-corrected chi connectivity index (χ4v) is 0.799. The van der Waals surface area contributed by atoms with Crippen LogP contribution in [-0.2, 0) is 34.7 Å². The summed E-state index contributed by atoms with van der Waals surface area (Å²) in [4.78, 5) is 0. The molecule has 0 bridgehead atoms. The Morgan fingerprint density at radius 2 is 1.13 bits per heavy atom. The summed E-state index contributed by atoms with van der Waals surface area (Å²) in [7, 11) is 0. The third-order valence-corrected chi connectivity index (χ3v) is 1.44. The van der Waals surface area contributed by atoms with E-state index in [9.17, 15) is 26.3 Å². The molecule has 0 heterocycles. The van der Waals surface area contributed by atoms with Gasteiger partial charge < -0.3 is 0 Å². The van der Waals surface area contributed by atoms with Gasteiger partial charge in [-0.3, -0.25) is 0 Å². The molecule has 0 fully saturated rings. The predicted octanol–water partition coefficient (Wildman–Crippen LogP) is 3.52. The second-order valence-electron chi connectivity index (χ2n) is 2.51. The Morgan fingerprint density at radius 1 is 0.800 bits per heavy atom. The zero-order chi connectivity index (χ0) is 11.0. The molecule has 0 aromatic heterocycles. The average molecular weight is 321 g/mol. The Bertz CT molecular complexity index is 297. The first-order chi connectivity index (χ1) is 6.21. The van der Waals surface area contributed by atoms with Crippen molar-refractivity contribution in [2.24, 2.45) is 0 Å². The van der Waals surface area contributed by atoms with Crippen LogP contribution >= 0.6 is 0 Å². The molecular formula is C8H3AgF6. The van der Waals surface area contributed by atoms with Crippen LogP contribution in [-0.4, -0.2) is 0 Å². The summed E-state index contributed by atoms with van der Waals surface area (Å²) >= 11 is 0. The first kappa shape index (κ1) is 14.5. The van der Waals surface area contributed by atoms with Gasteiger partial charge >= 0.3 is 12.4 Å². The monoisotopic (exact) mass is 320 g/mol. The van der Waals surface area contributed by atoms with Gasteiger partial charge in [0.25, 0.3) is 0 Å². The summed E-state index contributed by atoms with van der Waals surface area (Å²) in [6.07, 6.45) is -9.56.